The van der Waals surface area contributed by atoms with Crippen molar-refractivity contribution in [3.05, 3.63) is 0 Å². The summed E-state index contributed by atoms with van der Waals surface area (Å²) in [5, 5.41) is 20.1. The third-order valence-corrected chi connectivity index (χ3v) is 5.94. The van der Waals surface area contributed by atoms with Crippen molar-refractivity contribution in [2.24, 2.45) is 0 Å². The summed E-state index contributed by atoms with van der Waals surface area (Å²) >= 11 is 4.92. The van der Waals surface area contributed by atoms with Crippen LogP contribution in [-0.4, -0.2) is 86.5 Å². The molecule has 2 saturated heterocycles. The summed E-state index contributed by atoms with van der Waals surface area (Å²) in [6.45, 7) is -0.573. The number of hydrogen-bond donors (Lipinski definition) is 2. The van der Waals surface area contributed by atoms with Crippen LogP contribution >= 0.6 is 6.72 Å². The van der Waals surface area contributed by atoms with Crippen molar-refractivity contribution in [1.29, 1.82) is 0 Å². The zero-order chi connectivity index (χ0) is 18.8. The maximum Gasteiger partial charge on any atom is 0.121 e. The molecule has 25 heavy (non-hydrogen) atoms. The normalized spacial score (nSPS) is 44.1. The quantitative estimate of drug-likeness (QED) is 0.487. The number of ether oxygens (including phenoxy) is 4. The fraction of sp³-hybridized carbons (Fsp3) is 1.00. The number of hydrogen-bond acceptors (Lipinski definition) is 10. The second-order valence-corrected chi connectivity index (χ2v) is 8.91. The van der Waals surface area contributed by atoms with E-state index >= 15 is 0 Å². The van der Waals surface area contributed by atoms with Crippen molar-refractivity contribution in [3.8, 4) is 0 Å². The van der Waals surface area contributed by atoms with E-state index in [2.05, 4.69) is 0 Å². The van der Waals surface area contributed by atoms with Gasteiger partial charge in [0.15, 0.2) is 0 Å². The average Bonchev–Trinajstić information content (AvgIpc) is 2.97. The van der Waals surface area contributed by atoms with Crippen LogP contribution < -0.4 is 4.89 Å². The number of methoxy groups -OCH3 is 2. The summed E-state index contributed by atoms with van der Waals surface area (Å²) in [6.07, 6.45) is -5.55. The van der Waals surface area contributed by atoms with Crippen LogP contribution in [0.5, 0.6) is 0 Å². The molecule has 2 fully saturated rings. The lowest BCUT2D eigenvalue weighted by atomic mass is 10.1. The Hall–Kier alpha value is 0.290. The summed E-state index contributed by atoms with van der Waals surface area (Å²) in [5.74, 6) is 0. The first-order valence-electron chi connectivity index (χ1n) is 8.03. The highest BCUT2D eigenvalue weighted by molar-refractivity contribution is 8.06. The third-order valence-electron chi connectivity index (χ3n) is 4.40. The van der Waals surface area contributed by atoms with Gasteiger partial charge in [-0.15, -0.1) is 0 Å². The second kappa shape index (κ2) is 8.99. The van der Waals surface area contributed by atoms with Crippen molar-refractivity contribution in [2.75, 3.05) is 27.4 Å². The van der Waals surface area contributed by atoms with Crippen LogP contribution in [0.1, 0.15) is 13.8 Å². The molecule has 0 spiro atoms. The van der Waals surface area contributed by atoms with Gasteiger partial charge < -0.3 is 43.1 Å². The molecule has 2 heterocycles. The van der Waals surface area contributed by atoms with Crippen molar-refractivity contribution >= 4 is 18.5 Å². The van der Waals surface area contributed by atoms with Crippen LogP contribution in [0.2, 0.25) is 0 Å². The fourth-order valence-corrected chi connectivity index (χ4v) is 4.47. The van der Waals surface area contributed by atoms with Gasteiger partial charge in [0.05, 0.1) is 25.4 Å². The minimum atomic E-state index is -3.92. The molecule has 0 radical (unpaired) electrons. The van der Waals surface area contributed by atoms with Gasteiger partial charge in [-0.1, -0.05) is 11.8 Å². The molecule has 0 amide bonds. The van der Waals surface area contributed by atoms with E-state index < -0.39 is 55.6 Å². The molecule has 3 unspecified atom stereocenters. The molecular formula is C14H26O9PS-. The van der Waals surface area contributed by atoms with Crippen molar-refractivity contribution in [3.63, 3.8) is 0 Å². The molecule has 2 aliphatic rings. The van der Waals surface area contributed by atoms with Crippen LogP contribution in [0.4, 0.5) is 0 Å². The predicted molar refractivity (Wildman–Crippen MR) is 88.5 cm³/mol. The Balaban J connectivity index is 1.94. The SMILES string of the molecule is COC[C@H]1O[C@@H](C)[C@@H](O)C1OP([O-])(=S)OC[C@H]1O[C@@H](C)[C@@H](O)C1OC. The smallest absolute Gasteiger partial charge is 0.121 e. The standard InChI is InChI=1S/C14H27O9PS/c1-7-11(15)13(19-4)10(22-7)6-20-24(17,25)23-14-9(5-18-3)21-8(2)12(14)16/h7-16H,5-6H2,1-4H3,(H,17,25)/p-1/t7-,8-,9+,10+,11+,12+,13?,14?,24?/m0/s1. The van der Waals surface area contributed by atoms with E-state index in [9.17, 15) is 15.1 Å². The fourth-order valence-electron chi connectivity index (χ4n) is 3.04. The Morgan fingerprint density at radius 2 is 1.52 bits per heavy atom. The Morgan fingerprint density at radius 3 is 2.04 bits per heavy atom. The van der Waals surface area contributed by atoms with Gasteiger partial charge in [0.25, 0.3) is 0 Å². The Morgan fingerprint density at radius 1 is 1.00 bits per heavy atom. The predicted octanol–water partition coefficient (Wildman–Crippen LogP) is -1.07. The Bertz CT molecular complexity index is 481. The van der Waals surface area contributed by atoms with Crippen LogP contribution in [-0.2, 0) is 39.8 Å². The van der Waals surface area contributed by atoms with E-state index in [-0.39, 0.29) is 13.2 Å². The summed E-state index contributed by atoms with van der Waals surface area (Å²) < 4.78 is 31.8. The van der Waals surface area contributed by atoms with Gasteiger partial charge in [-0.2, -0.15) is 0 Å². The largest absolute Gasteiger partial charge is 0.780 e. The zero-order valence-electron chi connectivity index (χ0n) is 14.6. The molecule has 2 rings (SSSR count). The van der Waals surface area contributed by atoms with Gasteiger partial charge in [-0.3, -0.25) is 0 Å². The van der Waals surface area contributed by atoms with Crippen molar-refractivity contribution in [1.82, 2.24) is 0 Å². The van der Waals surface area contributed by atoms with E-state index in [1.807, 2.05) is 0 Å². The maximum atomic E-state index is 12.5. The molecule has 0 aliphatic carbocycles. The van der Waals surface area contributed by atoms with E-state index in [1.54, 1.807) is 13.8 Å². The minimum Gasteiger partial charge on any atom is -0.780 e. The highest BCUT2D eigenvalue weighted by Gasteiger charge is 2.45. The van der Waals surface area contributed by atoms with E-state index in [1.165, 1.54) is 14.2 Å². The number of aliphatic hydroxyl groups is 2. The third kappa shape index (κ3) is 5.18. The zero-order valence-corrected chi connectivity index (χ0v) is 16.4. The van der Waals surface area contributed by atoms with E-state index in [0.717, 1.165) is 0 Å². The van der Waals surface area contributed by atoms with E-state index in [0.29, 0.717) is 0 Å². The van der Waals surface area contributed by atoms with Crippen LogP contribution in [0, 0.1) is 0 Å². The molecule has 2 N–H and O–H groups in total. The number of aliphatic hydroxyl groups excluding tert-OH is 2. The topological polar surface area (TPSA) is 119 Å². The summed E-state index contributed by atoms with van der Waals surface area (Å²) in [7, 11) is 2.92. The van der Waals surface area contributed by atoms with Gasteiger partial charge in [0, 0.05) is 14.2 Å². The van der Waals surface area contributed by atoms with Crippen LogP contribution in [0.3, 0.4) is 0 Å². The molecule has 0 aromatic rings. The molecule has 0 aromatic heterocycles. The molecule has 0 aromatic carbocycles. The lowest BCUT2D eigenvalue weighted by Crippen LogP contribution is -2.38. The lowest BCUT2D eigenvalue weighted by Gasteiger charge is -2.34. The van der Waals surface area contributed by atoms with Gasteiger partial charge in [-0.25, -0.2) is 0 Å². The van der Waals surface area contributed by atoms with Gasteiger partial charge in [-0.05, 0) is 13.8 Å². The molecule has 9 atom stereocenters. The van der Waals surface area contributed by atoms with Gasteiger partial charge in [0.1, 0.15) is 43.3 Å². The molecular weight excluding hydrogens is 375 g/mol. The monoisotopic (exact) mass is 401 g/mol. The van der Waals surface area contributed by atoms with Gasteiger partial charge in [0.2, 0.25) is 0 Å². The second-order valence-electron chi connectivity index (χ2n) is 6.21. The van der Waals surface area contributed by atoms with Gasteiger partial charge >= 0.3 is 0 Å². The van der Waals surface area contributed by atoms with Crippen LogP contribution in [0.15, 0.2) is 0 Å². The molecule has 11 heteroatoms. The average molecular weight is 401 g/mol. The molecule has 9 nitrogen and oxygen atoms in total. The highest BCUT2D eigenvalue weighted by atomic mass is 32.5. The Kier molecular flexibility index (Phi) is 7.76. The summed E-state index contributed by atoms with van der Waals surface area (Å²) in [4.78, 5) is 12.5. The summed E-state index contributed by atoms with van der Waals surface area (Å²) in [6, 6.07) is 0. The lowest BCUT2D eigenvalue weighted by molar-refractivity contribution is -0.217. The molecule has 2 aliphatic heterocycles. The number of rotatable bonds is 8. The van der Waals surface area contributed by atoms with E-state index in [4.69, 9.17) is 39.8 Å². The first-order valence-corrected chi connectivity index (χ1v) is 10.6. The molecule has 0 saturated carbocycles. The van der Waals surface area contributed by atoms with Crippen LogP contribution in [0.25, 0.3) is 0 Å². The highest BCUT2D eigenvalue weighted by Crippen LogP contribution is 2.44. The first kappa shape index (κ1) is 21.6. The first-order chi connectivity index (χ1) is 11.7. The minimum absolute atomic E-state index is 0.155. The Labute approximate surface area is 152 Å². The maximum absolute atomic E-state index is 12.5. The van der Waals surface area contributed by atoms with Crippen molar-refractivity contribution < 1.29 is 43.1 Å². The van der Waals surface area contributed by atoms with Crippen molar-refractivity contribution in [2.45, 2.75) is 62.7 Å². The molecule has 0 bridgehead atoms. The molecule has 148 valence electrons. The summed E-state index contributed by atoms with van der Waals surface area (Å²) in [5.41, 5.74) is 0.